The molecule has 1 aromatic carbocycles. The topological polar surface area (TPSA) is 68.3 Å². The summed E-state index contributed by atoms with van der Waals surface area (Å²) in [4.78, 5) is 1.16. The van der Waals surface area contributed by atoms with Crippen LogP contribution in [0.15, 0.2) is 23.1 Å². The minimum Gasteiger partial charge on any atom is -0.490 e. The summed E-state index contributed by atoms with van der Waals surface area (Å²) >= 11 is 1.76. The molecule has 0 aromatic heterocycles. The number of nitrogens with two attached hydrogens (primary N) is 1. The van der Waals surface area contributed by atoms with Crippen molar-refractivity contribution < 1.29 is 9.47 Å². The van der Waals surface area contributed by atoms with Crippen LogP contribution in [-0.4, -0.2) is 24.5 Å². The zero-order valence-electron chi connectivity index (χ0n) is 12.4. The number of fused-ring (bicyclic) bond motifs is 1. The highest BCUT2D eigenvalue weighted by atomic mass is 32.2. The SMILES string of the molecule is CCC(N)(C#N)CCCSc1ccc2c(c1)OCCCO2. The highest BCUT2D eigenvalue weighted by molar-refractivity contribution is 7.99. The number of hydrogen-bond donors (Lipinski definition) is 1. The molecule has 21 heavy (non-hydrogen) atoms. The van der Waals surface area contributed by atoms with Crippen LogP contribution in [-0.2, 0) is 0 Å². The molecule has 1 heterocycles. The molecule has 1 aliphatic heterocycles. The highest BCUT2D eigenvalue weighted by Crippen LogP contribution is 2.34. The van der Waals surface area contributed by atoms with Crippen molar-refractivity contribution in [3.63, 3.8) is 0 Å². The van der Waals surface area contributed by atoms with Gasteiger partial charge in [0.2, 0.25) is 0 Å². The Kier molecular flexibility index (Phi) is 5.77. The maximum absolute atomic E-state index is 9.05. The molecule has 0 aliphatic carbocycles. The lowest BCUT2D eigenvalue weighted by Gasteiger charge is -2.18. The summed E-state index contributed by atoms with van der Waals surface area (Å²) in [5.41, 5.74) is 5.30. The molecule has 4 nitrogen and oxygen atoms in total. The Hall–Kier alpha value is -1.38. The van der Waals surface area contributed by atoms with Crippen LogP contribution in [0, 0.1) is 11.3 Å². The van der Waals surface area contributed by atoms with Crippen molar-refractivity contribution in [3.05, 3.63) is 18.2 Å². The number of nitriles is 1. The van der Waals surface area contributed by atoms with Crippen molar-refractivity contribution >= 4 is 11.8 Å². The standard InChI is InChI=1S/C16H22N2O2S/c1-2-16(18,12-17)7-3-10-21-13-5-6-14-15(11-13)20-9-4-8-19-14/h5-6,11H,2-4,7-10,18H2,1H3. The summed E-state index contributed by atoms with van der Waals surface area (Å²) in [6, 6.07) is 8.26. The van der Waals surface area contributed by atoms with Gasteiger partial charge in [-0.15, -0.1) is 11.8 Å². The fraction of sp³-hybridized carbons (Fsp3) is 0.562. The van der Waals surface area contributed by atoms with E-state index in [-0.39, 0.29) is 0 Å². The molecule has 0 fully saturated rings. The Morgan fingerprint density at radius 3 is 2.81 bits per heavy atom. The summed E-state index contributed by atoms with van der Waals surface area (Å²) in [6.07, 6.45) is 3.27. The van der Waals surface area contributed by atoms with Gasteiger partial charge in [0.25, 0.3) is 0 Å². The van der Waals surface area contributed by atoms with E-state index < -0.39 is 5.54 Å². The fourth-order valence-electron chi connectivity index (χ4n) is 2.12. The summed E-state index contributed by atoms with van der Waals surface area (Å²) in [7, 11) is 0. The summed E-state index contributed by atoms with van der Waals surface area (Å²) in [5, 5.41) is 9.05. The lowest BCUT2D eigenvalue weighted by molar-refractivity contribution is 0.297. The molecule has 2 N–H and O–H groups in total. The van der Waals surface area contributed by atoms with Gasteiger partial charge < -0.3 is 15.2 Å². The first-order chi connectivity index (χ1) is 10.2. The summed E-state index contributed by atoms with van der Waals surface area (Å²) < 4.78 is 11.3. The number of ether oxygens (including phenoxy) is 2. The predicted molar refractivity (Wildman–Crippen MR) is 84.8 cm³/mol. The number of benzene rings is 1. The molecule has 114 valence electrons. The van der Waals surface area contributed by atoms with Crippen molar-refractivity contribution in [1.82, 2.24) is 0 Å². The maximum atomic E-state index is 9.05. The molecule has 1 unspecified atom stereocenters. The summed E-state index contributed by atoms with van der Waals surface area (Å²) in [6.45, 7) is 3.37. The second-order valence-electron chi connectivity index (χ2n) is 5.23. The molecule has 2 rings (SSSR count). The molecule has 0 spiro atoms. The van der Waals surface area contributed by atoms with Gasteiger partial charge in [0.1, 0.15) is 5.54 Å². The van der Waals surface area contributed by atoms with E-state index in [1.54, 1.807) is 11.8 Å². The van der Waals surface area contributed by atoms with Gasteiger partial charge >= 0.3 is 0 Å². The first-order valence-corrected chi connectivity index (χ1v) is 8.38. The predicted octanol–water partition coefficient (Wildman–Crippen LogP) is 3.35. The van der Waals surface area contributed by atoms with Gasteiger partial charge in [-0.3, -0.25) is 0 Å². The van der Waals surface area contributed by atoms with Crippen LogP contribution in [0.3, 0.4) is 0 Å². The zero-order chi connectivity index (χ0) is 15.1. The molecule has 5 heteroatoms. The van der Waals surface area contributed by atoms with Crippen LogP contribution in [0.1, 0.15) is 32.6 Å². The lowest BCUT2D eigenvalue weighted by atomic mass is 9.94. The molecular weight excluding hydrogens is 284 g/mol. The Balaban J connectivity index is 1.84. The molecule has 0 amide bonds. The number of rotatable bonds is 6. The van der Waals surface area contributed by atoms with E-state index in [1.165, 1.54) is 0 Å². The average Bonchev–Trinajstić information content (AvgIpc) is 2.76. The van der Waals surface area contributed by atoms with E-state index in [4.69, 9.17) is 20.5 Å². The van der Waals surface area contributed by atoms with E-state index in [9.17, 15) is 0 Å². The van der Waals surface area contributed by atoms with Crippen LogP contribution in [0.4, 0.5) is 0 Å². The lowest BCUT2D eigenvalue weighted by Crippen LogP contribution is -2.37. The molecule has 0 saturated carbocycles. The van der Waals surface area contributed by atoms with Gasteiger partial charge in [-0.1, -0.05) is 6.92 Å². The van der Waals surface area contributed by atoms with Gasteiger partial charge in [-0.2, -0.15) is 5.26 Å². The minimum atomic E-state index is -0.675. The second kappa shape index (κ2) is 7.58. The quantitative estimate of drug-likeness (QED) is 0.645. The van der Waals surface area contributed by atoms with E-state index in [1.807, 2.05) is 19.1 Å². The first kappa shape index (κ1) is 16.0. The van der Waals surface area contributed by atoms with Crippen molar-refractivity contribution in [2.24, 2.45) is 5.73 Å². The van der Waals surface area contributed by atoms with Crippen molar-refractivity contribution in [2.45, 2.75) is 43.0 Å². The van der Waals surface area contributed by atoms with E-state index >= 15 is 0 Å². The third-order valence-corrected chi connectivity index (χ3v) is 4.69. The van der Waals surface area contributed by atoms with Crippen LogP contribution in [0.2, 0.25) is 0 Å². The van der Waals surface area contributed by atoms with E-state index in [2.05, 4.69) is 12.1 Å². The Morgan fingerprint density at radius 1 is 1.33 bits per heavy atom. The third kappa shape index (κ3) is 4.55. The molecule has 0 radical (unpaired) electrons. The first-order valence-electron chi connectivity index (χ1n) is 7.39. The van der Waals surface area contributed by atoms with Crippen LogP contribution in [0.25, 0.3) is 0 Å². The zero-order valence-corrected chi connectivity index (χ0v) is 13.2. The number of hydrogen-bond acceptors (Lipinski definition) is 5. The van der Waals surface area contributed by atoms with Gasteiger partial charge in [0.05, 0.1) is 19.3 Å². The van der Waals surface area contributed by atoms with Crippen LogP contribution >= 0.6 is 11.8 Å². The minimum absolute atomic E-state index is 0.675. The smallest absolute Gasteiger partial charge is 0.162 e. The van der Waals surface area contributed by atoms with Crippen molar-refractivity contribution in [3.8, 4) is 17.6 Å². The number of nitrogens with zero attached hydrogens (tertiary/aromatic N) is 1. The largest absolute Gasteiger partial charge is 0.490 e. The third-order valence-electron chi connectivity index (χ3n) is 3.61. The molecule has 1 aromatic rings. The van der Waals surface area contributed by atoms with Gasteiger partial charge in [0, 0.05) is 11.3 Å². The second-order valence-corrected chi connectivity index (χ2v) is 6.40. The molecule has 1 aliphatic rings. The van der Waals surface area contributed by atoms with E-state index in [0.29, 0.717) is 19.6 Å². The Labute approximate surface area is 130 Å². The summed E-state index contributed by atoms with van der Waals surface area (Å²) in [5.74, 6) is 2.60. The van der Waals surface area contributed by atoms with E-state index in [0.717, 1.165) is 41.4 Å². The molecular formula is C16H22N2O2S. The van der Waals surface area contributed by atoms with Crippen molar-refractivity contribution in [2.75, 3.05) is 19.0 Å². The molecule has 0 bridgehead atoms. The maximum Gasteiger partial charge on any atom is 0.162 e. The average molecular weight is 306 g/mol. The van der Waals surface area contributed by atoms with Crippen molar-refractivity contribution in [1.29, 1.82) is 5.26 Å². The Bertz CT molecular complexity index is 515. The molecule has 1 atom stereocenters. The molecule has 0 saturated heterocycles. The Morgan fingerprint density at radius 2 is 2.10 bits per heavy atom. The fourth-order valence-corrected chi connectivity index (χ4v) is 3.00. The highest BCUT2D eigenvalue weighted by Gasteiger charge is 2.21. The van der Waals surface area contributed by atoms with Crippen LogP contribution in [0.5, 0.6) is 11.5 Å². The van der Waals surface area contributed by atoms with Gasteiger partial charge in [0.15, 0.2) is 11.5 Å². The monoisotopic (exact) mass is 306 g/mol. The van der Waals surface area contributed by atoms with Gasteiger partial charge in [-0.05, 0) is 43.2 Å². The normalized spacial score (nSPS) is 16.6. The van der Waals surface area contributed by atoms with Crippen LogP contribution < -0.4 is 15.2 Å². The number of thioether (sulfide) groups is 1. The van der Waals surface area contributed by atoms with Gasteiger partial charge in [-0.25, -0.2) is 0 Å².